The Balaban J connectivity index is 1.93. The third-order valence-corrected chi connectivity index (χ3v) is 3.52. The average molecular weight is 314 g/mol. The first-order valence-electron chi connectivity index (χ1n) is 7.65. The van der Waals surface area contributed by atoms with Gasteiger partial charge in [0.25, 0.3) is 5.91 Å². The third kappa shape index (κ3) is 4.42. The second kappa shape index (κ2) is 7.58. The maximum absolute atomic E-state index is 12.3. The van der Waals surface area contributed by atoms with Gasteiger partial charge in [0.1, 0.15) is 0 Å². The van der Waals surface area contributed by atoms with Crippen molar-refractivity contribution >= 4 is 11.6 Å². The molecule has 0 saturated carbocycles. The van der Waals surface area contributed by atoms with Gasteiger partial charge >= 0.3 is 0 Å². The Kier molecular flexibility index (Phi) is 5.51. The number of nitrogens with one attached hydrogen (secondary N) is 3. The van der Waals surface area contributed by atoms with E-state index in [4.69, 9.17) is 0 Å². The number of pyridine rings is 2. The lowest BCUT2D eigenvalue weighted by Crippen LogP contribution is -2.30. The SMILES string of the molecule is Cc1cnccc1NCCNC(=O)c1ccc(=O)[nH]c1C(C)C. The largest absolute Gasteiger partial charge is 0.383 e. The van der Waals surface area contributed by atoms with Crippen LogP contribution in [-0.4, -0.2) is 29.0 Å². The number of hydrogen-bond donors (Lipinski definition) is 3. The van der Waals surface area contributed by atoms with Crippen molar-refractivity contribution in [1.29, 1.82) is 0 Å². The standard InChI is InChI=1S/C17H22N4O2/c1-11(2)16-13(4-5-15(22)21-16)17(23)20-9-8-19-14-6-7-18-10-12(14)3/h4-7,10-11H,8-9H2,1-3H3,(H,18,19)(H,20,23)(H,21,22). The van der Waals surface area contributed by atoms with Gasteiger partial charge in [0, 0.05) is 42.9 Å². The lowest BCUT2D eigenvalue weighted by molar-refractivity contribution is 0.0953. The number of rotatable bonds is 6. The smallest absolute Gasteiger partial charge is 0.253 e. The number of aryl methyl sites for hydroxylation is 1. The normalized spacial score (nSPS) is 10.6. The fraction of sp³-hybridized carbons (Fsp3) is 0.353. The zero-order valence-corrected chi connectivity index (χ0v) is 13.6. The van der Waals surface area contributed by atoms with E-state index < -0.39 is 0 Å². The van der Waals surface area contributed by atoms with Gasteiger partial charge in [0.05, 0.1) is 5.56 Å². The Morgan fingerprint density at radius 2 is 2.04 bits per heavy atom. The number of carbonyl (C=O) groups excluding carboxylic acids is 1. The number of H-pyrrole nitrogens is 1. The van der Waals surface area contributed by atoms with Crippen LogP contribution in [0.3, 0.4) is 0 Å². The molecule has 122 valence electrons. The zero-order valence-electron chi connectivity index (χ0n) is 13.6. The first-order valence-corrected chi connectivity index (χ1v) is 7.65. The minimum Gasteiger partial charge on any atom is -0.383 e. The van der Waals surface area contributed by atoms with E-state index in [2.05, 4.69) is 20.6 Å². The van der Waals surface area contributed by atoms with Crippen molar-refractivity contribution in [1.82, 2.24) is 15.3 Å². The molecule has 3 N–H and O–H groups in total. The molecule has 2 heterocycles. The molecule has 6 nitrogen and oxygen atoms in total. The number of aromatic nitrogens is 2. The Labute approximate surface area is 135 Å². The van der Waals surface area contributed by atoms with Crippen molar-refractivity contribution < 1.29 is 4.79 Å². The van der Waals surface area contributed by atoms with Crippen molar-refractivity contribution in [3.8, 4) is 0 Å². The zero-order chi connectivity index (χ0) is 16.8. The summed E-state index contributed by atoms with van der Waals surface area (Å²) in [6, 6.07) is 4.85. The van der Waals surface area contributed by atoms with Crippen molar-refractivity contribution in [2.45, 2.75) is 26.7 Å². The van der Waals surface area contributed by atoms with Crippen LogP contribution in [0, 0.1) is 6.92 Å². The molecule has 0 atom stereocenters. The monoisotopic (exact) mass is 314 g/mol. The number of nitrogens with zero attached hydrogens (tertiary/aromatic N) is 1. The van der Waals surface area contributed by atoms with Crippen LogP contribution in [-0.2, 0) is 0 Å². The van der Waals surface area contributed by atoms with Crippen LogP contribution in [0.1, 0.15) is 41.4 Å². The van der Waals surface area contributed by atoms with Crippen LogP contribution in [0.15, 0.2) is 35.4 Å². The van der Waals surface area contributed by atoms with Gasteiger partial charge in [0.15, 0.2) is 0 Å². The van der Waals surface area contributed by atoms with Gasteiger partial charge < -0.3 is 15.6 Å². The summed E-state index contributed by atoms with van der Waals surface area (Å²) in [5, 5.41) is 6.12. The minimum absolute atomic E-state index is 0.0715. The van der Waals surface area contributed by atoms with Crippen LogP contribution in [0.2, 0.25) is 0 Å². The number of anilines is 1. The maximum atomic E-state index is 12.3. The van der Waals surface area contributed by atoms with Crippen molar-refractivity contribution in [2.24, 2.45) is 0 Å². The summed E-state index contributed by atoms with van der Waals surface area (Å²) in [6.07, 6.45) is 3.51. The second-order valence-corrected chi connectivity index (χ2v) is 5.68. The van der Waals surface area contributed by atoms with Gasteiger partial charge in [-0.1, -0.05) is 13.8 Å². The first kappa shape index (κ1) is 16.7. The Hall–Kier alpha value is -2.63. The van der Waals surface area contributed by atoms with Crippen LogP contribution in [0.25, 0.3) is 0 Å². The summed E-state index contributed by atoms with van der Waals surface area (Å²) in [5.41, 5.74) is 3.04. The summed E-state index contributed by atoms with van der Waals surface area (Å²) in [6.45, 7) is 6.95. The molecule has 0 spiro atoms. The minimum atomic E-state index is -0.194. The lowest BCUT2D eigenvalue weighted by Gasteiger charge is -2.13. The van der Waals surface area contributed by atoms with Crippen molar-refractivity contribution in [3.63, 3.8) is 0 Å². The number of amides is 1. The van der Waals surface area contributed by atoms with Gasteiger partial charge in [-0.25, -0.2) is 0 Å². The molecule has 1 amide bonds. The summed E-state index contributed by atoms with van der Waals surface area (Å²) in [7, 11) is 0. The molecule has 2 aromatic heterocycles. The molecule has 0 aliphatic rings. The van der Waals surface area contributed by atoms with E-state index in [1.807, 2.05) is 26.8 Å². The fourth-order valence-corrected chi connectivity index (χ4v) is 2.28. The van der Waals surface area contributed by atoms with Gasteiger partial charge in [-0.2, -0.15) is 0 Å². The number of carbonyl (C=O) groups is 1. The average Bonchev–Trinajstić information content (AvgIpc) is 2.52. The molecule has 0 aromatic carbocycles. The molecule has 0 saturated heterocycles. The topological polar surface area (TPSA) is 86.9 Å². The van der Waals surface area contributed by atoms with E-state index in [1.54, 1.807) is 18.5 Å². The Morgan fingerprint density at radius 3 is 2.74 bits per heavy atom. The van der Waals surface area contributed by atoms with E-state index in [1.165, 1.54) is 6.07 Å². The molecule has 2 rings (SSSR count). The van der Waals surface area contributed by atoms with Crippen molar-refractivity contribution in [3.05, 3.63) is 57.8 Å². The van der Waals surface area contributed by atoms with Gasteiger partial charge in [0.2, 0.25) is 5.56 Å². The van der Waals surface area contributed by atoms with E-state index >= 15 is 0 Å². The molecule has 0 bridgehead atoms. The third-order valence-electron chi connectivity index (χ3n) is 3.52. The van der Waals surface area contributed by atoms with Gasteiger partial charge in [-0.05, 0) is 30.5 Å². The fourth-order valence-electron chi connectivity index (χ4n) is 2.28. The molecule has 2 aromatic rings. The van der Waals surface area contributed by atoms with E-state index in [0.717, 1.165) is 11.3 Å². The predicted octanol–water partition coefficient (Wildman–Crippen LogP) is 2.04. The summed E-state index contributed by atoms with van der Waals surface area (Å²) in [4.78, 5) is 30.5. The molecule has 0 fully saturated rings. The molecule has 23 heavy (non-hydrogen) atoms. The molecular formula is C17H22N4O2. The highest BCUT2D eigenvalue weighted by Gasteiger charge is 2.14. The van der Waals surface area contributed by atoms with Crippen LogP contribution in [0.5, 0.6) is 0 Å². The Bertz CT molecular complexity index is 737. The molecule has 0 aliphatic carbocycles. The molecule has 6 heteroatoms. The summed E-state index contributed by atoms with van der Waals surface area (Å²) in [5.74, 6) is -0.111. The van der Waals surface area contributed by atoms with Crippen LogP contribution >= 0.6 is 0 Å². The Morgan fingerprint density at radius 1 is 1.26 bits per heavy atom. The summed E-state index contributed by atoms with van der Waals surface area (Å²) >= 11 is 0. The van der Waals surface area contributed by atoms with E-state index in [0.29, 0.717) is 24.3 Å². The molecule has 0 radical (unpaired) electrons. The predicted molar refractivity (Wildman–Crippen MR) is 90.9 cm³/mol. The quantitative estimate of drug-likeness (QED) is 0.712. The number of aromatic amines is 1. The van der Waals surface area contributed by atoms with Crippen molar-refractivity contribution in [2.75, 3.05) is 18.4 Å². The molecule has 0 aliphatic heterocycles. The van der Waals surface area contributed by atoms with Gasteiger partial charge in [-0.15, -0.1) is 0 Å². The highest BCUT2D eigenvalue weighted by molar-refractivity contribution is 5.95. The maximum Gasteiger partial charge on any atom is 0.253 e. The van der Waals surface area contributed by atoms with Crippen LogP contribution < -0.4 is 16.2 Å². The molecule has 0 unspecified atom stereocenters. The highest BCUT2D eigenvalue weighted by Crippen LogP contribution is 2.15. The first-order chi connectivity index (χ1) is 11.0. The van der Waals surface area contributed by atoms with E-state index in [-0.39, 0.29) is 17.4 Å². The lowest BCUT2D eigenvalue weighted by atomic mass is 10.0. The van der Waals surface area contributed by atoms with Crippen LogP contribution in [0.4, 0.5) is 5.69 Å². The highest BCUT2D eigenvalue weighted by atomic mass is 16.1. The number of hydrogen-bond acceptors (Lipinski definition) is 4. The second-order valence-electron chi connectivity index (χ2n) is 5.68. The summed E-state index contributed by atoms with van der Waals surface area (Å²) < 4.78 is 0. The van der Waals surface area contributed by atoms with E-state index in [9.17, 15) is 9.59 Å². The molecular weight excluding hydrogens is 292 g/mol. The van der Waals surface area contributed by atoms with Gasteiger partial charge in [-0.3, -0.25) is 14.6 Å².